The van der Waals surface area contributed by atoms with E-state index in [2.05, 4.69) is 0 Å². The fourth-order valence-corrected chi connectivity index (χ4v) is 4.84. The summed E-state index contributed by atoms with van der Waals surface area (Å²) in [5.41, 5.74) is 0.0115. The van der Waals surface area contributed by atoms with Crippen molar-refractivity contribution in [3.63, 3.8) is 0 Å². The molecule has 0 aliphatic carbocycles. The third kappa shape index (κ3) is 5.81. The van der Waals surface area contributed by atoms with Gasteiger partial charge in [0.05, 0.1) is 19.8 Å². The number of ether oxygens (including phenoxy) is 5. The van der Waals surface area contributed by atoms with Gasteiger partial charge >= 0.3 is 0 Å². The summed E-state index contributed by atoms with van der Waals surface area (Å²) in [4.78, 5) is 12.8. The van der Waals surface area contributed by atoms with Crippen molar-refractivity contribution >= 4 is 11.0 Å². The van der Waals surface area contributed by atoms with Crippen molar-refractivity contribution in [2.45, 2.75) is 68.3 Å². The van der Waals surface area contributed by atoms with E-state index in [1.165, 1.54) is 26.2 Å². The number of aliphatic hydroxyl groups excluding tert-OH is 6. The summed E-state index contributed by atoms with van der Waals surface area (Å²) in [5.74, 6) is 0.238. The quantitative estimate of drug-likeness (QED) is 0.179. The summed E-state index contributed by atoms with van der Waals surface area (Å²) in [6.07, 6.45) is -14.8. The van der Waals surface area contributed by atoms with Crippen LogP contribution in [0.2, 0.25) is 0 Å². The molecule has 5 rings (SSSR count). The Morgan fingerprint density at radius 2 is 1.45 bits per heavy atom. The molecular formula is C28H32O14. The maximum Gasteiger partial charge on any atom is 0.229 e. The van der Waals surface area contributed by atoms with Crippen molar-refractivity contribution in [2.75, 3.05) is 13.7 Å². The molecule has 0 saturated carbocycles. The van der Waals surface area contributed by atoms with E-state index in [4.69, 9.17) is 28.1 Å². The van der Waals surface area contributed by atoms with Crippen LogP contribution >= 0.6 is 0 Å². The largest absolute Gasteiger partial charge is 0.507 e. The Bertz CT molecular complexity index is 1440. The number of rotatable bonds is 7. The molecule has 3 aromatic rings. The van der Waals surface area contributed by atoms with Crippen LogP contribution in [-0.2, 0) is 14.2 Å². The molecule has 1 aromatic heterocycles. The molecule has 0 unspecified atom stereocenters. The van der Waals surface area contributed by atoms with E-state index < -0.39 is 79.2 Å². The number of aromatic hydroxyl groups is 1. The maximum atomic E-state index is 12.8. The first-order chi connectivity index (χ1) is 20.0. The van der Waals surface area contributed by atoms with Gasteiger partial charge in [0, 0.05) is 23.8 Å². The van der Waals surface area contributed by atoms with E-state index >= 15 is 0 Å². The molecule has 0 spiro atoms. The van der Waals surface area contributed by atoms with Crippen molar-refractivity contribution in [1.82, 2.24) is 0 Å². The van der Waals surface area contributed by atoms with Crippen LogP contribution in [0.5, 0.6) is 17.2 Å². The van der Waals surface area contributed by atoms with Gasteiger partial charge in [0.25, 0.3) is 0 Å². The molecule has 2 aromatic carbocycles. The van der Waals surface area contributed by atoms with Gasteiger partial charge in [0.2, 0.25) is 6.29 Å². The molecule has 2 fully saturated rings. The van der Waals surface area contributed by atoms with Crippen molar-refractivity contribution in [1.29, 1.82) is 0 Å². The standard InChI is InChI=1S/C28H32O14/c1-11-21(31)23(33)25(35)27(39-11)38-10-19-22(32)24(34)26(36)28(42-19)40-14-7-15(29)20-16(30)9-17(41-18(20)8-14)12-3-5-13(37-2)6-4-12/h3-9,11,19,21-29,31-36H,10H2,1-2H3/t11-,19+,21+,22+,23+,24-,25+,26+,27-,28+/m1/s1. The highest BCUT2D eigenvalue weighted by atomic mass is 16.7. The summed E-state index contributed by atoms with van der Waals surface area (Å²) in [5, 5.41) is 71.9. The predicted octanol–water partition coefficient (Wildman–Crippen LogP) is -0.795. The molecule has 2 aliphatic rings. The van der Waals surface area contributed by atoms with E-state index in [0.29, 0.717) is 11.3 Å². The zero-order chi connectivity index (χ0) is 30.3. The van der Waals surface area contributed by atoms with Crippen LogP contribution < -0.4 is 14.9 Å². The van der Waals surface area contributed by atoms with Crippen LogP contribution in [0.1, 0.15) is 6.92 Å². The van der Waals surface area contributed by atoms with E-state index in [9.17, 15) is 40.5 Å². The molecule has 3 heterocycles. The second kappa shape index (κ2) is 12.1. The highest BCUT2D eigenvalue weighted by molar-refractivity contribution is 5.86. The number of phenolic OH excluding ortho intramolecular Hbond substituents is 1. The van der Waals surface area contributed by atoms with Gasteiger partial charge in [-0.2, -0.15) is 0 Å². The molecule has 2 saturated heterocycles. The normalized spacial score (nSPS) is 33.4. The molecule has 2 aliphatic heterocycles. The lowest BCUT2D eigenvalue weighted by Crippen LogP contribution is -2.61. The Labute approximate surface area is 238 Å². The molecule has 42 heavy (non-hydrogen) atoms. The van der Waals surface area contributed by atoms with E-state index in [-0.39, 0.29) is 22.5 Å². The average Bonchev–Trinajstić information content (AvgIpc) is 2.97. The van der Waals surface area contributed by atoms with Crippen LogP contribution in [0.25, 0.3) is 22.3 Å². The average molecular weight is 593 g/mol. The first-order valence-corrected chi connectivity index (χ1v) is 13.1. The summed E-state index contributed by atoms with van der Waals surface area (Å²) >= 11 is 0. The molecular weight excluding hydrogens is 560 g/mol. The molecule has 0 radical (unpaired) electrons. The summed E-state index contributed by atoms with van der Waals surface area (Å²) in [6, 6.07) is 10.4. The smallest absolute Gasteiger partial charge is 0.229 e. The van der Waals surface area contributed by atoms with Crippen LogP contribution in [0.4, 0.5) is 0 Å². The number of phenols is 1. The Morgan fingerprint density at radius 3 is 2.14 bits per heavy atom. The van der Waals surface area contributed by atoms with Gasteiger partial charge in [-0.1, -0.05) is 0 Å². The topological polar surface area (TPSA) is 218 Å². The van der Waals surface area contributed by atoms with E-state index in [1.54, 1.807) is 24.3 Å². The highest BCUT2D eigenvalue weighted by Gasteiger charge is 2.47. The van der Waals surface area contributed by atoms with Gasteiger partial charge in [-0.3, -0.25) is 4.79 Å². The van der Waals surface area contributed by atoms with Gasteiger partial charge in [-0.25, -0.2) is 0 Å². The van der Waals surface area contributed by atoms with Crippen LogP contribution in [-0.4, -0.2) is 111 Å². The number of aliphatic hydroxyl groups is 6. The zero-order valence-corrected chi connectivity index (χ0v) is 22.5. The first kappa shape index (κ1) is 30.2. The van der Waals surface area contributed by atoms with Crippen LogP contribution in [0.15, 0.2) is 51.7 Å². The Balaban J connectivity index is 1.35. The summed E-state index contributed by atoms with van der Waals surface area (Å²) < 4.78 is 33.2. The van der Waals surface area contributed by atoms with Crippen LogP contribution in [0.3, 0.4) is 0 Å². The second-order valence-electron chi connectivity index (χ2n) is 10.2. The summed E-state index contributed by atoms with van der Waals surface area (Å²) in [6.45, 7) is 0.984. The van der Waals surface area contributed by atoms with Gasteiger partial charge in [0.1, 0.15) is 76.7 Å². The molecule has 0 amide bonds. The van der Waals surface area contributed by atoms with Crippen molar-refractivity contribution < 1.29 is 63.8 Å². The van der Waals surface area contributed by atoms with Crippen molar-refractivity contribution in [3.05, 3.63) is 52.7 Å². The third-order valence-electron chi connectivity index (χ3n) is 7.31. The van der Waals surface area contributed by atoms with E-state index in [1.807, 2.05) is 0 Å². The minimum absolute atomic E-state index is 0.0348. The lowest BCUT2D eigenvalue weighted by molar-refractivity contribution is -0.318. The number of benzene rings is 2. The fraction of sp³-hybridized carbons (Fsp3) is 0.464. The van der Waals surface area contributed by atoms with E-state index in [0.717, 1.165) is 6.07 Å². The Kier molecular flexibility index (Phi) is 8.71. The lowest BCUT2D eigenvalue weighted by Gasteiger charge is -2.42. The van der Waals surface area contributed by atoms with Gasteiger partial charge in [-0.15, -0.1) is 0 Å². The van der Waals surface area contributed by atoms with Gasteiger partial charge < -0.3 is 63.8 Å². The number of hydrogen-bond acceptors (Lipinski definition) is 14. The number of methoxy groups -OCH3 is 1. The highest BCUT2D eigenvalue weighted by Crippen LogP contribution is 2.34. The molecule has 228 valence electrons. The minimum Gasteiger partial charge on any atom is -0.507 e. The molecule has 14 heteroatoms. The first-order valence-electron chi connectivity index (χ1n) is 13.1. The van der Waals surface area contributed by atoms with Crippen molar-refractivity contribution in [3.8, 4) is 28.6 Å². The predicted molar refractivity (Wildman–Crippen MR) is 142 cm³/mol. The Hall–Kier alpha value is -3.31. The summed E-state index contributed by atoms with van der Waals surface area (Å²) in [7, 11) is 1.52. The van der Waals surface area contributed by atoms with Gasteiger partial charge in [-0.05, 0) is 31.2 Å². The second-order valence-corrected chi connectivity index (χ2v) is 10.2. The lowest BCUT2D eigenvalue weighted by atomic mass is 9.98. The molecule has 7 N–H and O–H groups in total. The zero-order valence-electron chi connectivity index (χ0n) is 22.5. The minimum atomic E-state index is -1.76. The molecule has 10 atom stereocenters. The van der Waals surface area contributed by atoms with Crippen LogP contribution in [0, 0.1) is 0 Å². The van der Waals surface area contributed by atoms with Crippen molar-refractivity contribution in [2.24, 2.45) is 0 Å². The monoisotopic (exact) mass is 592 g/mol. The Morgan fingerprint density at radius 1 is 0.786 bits per heavy atom. The van der Waals surface area contributed by atoms with Gasteiger partial charge in [0.15, 0.2) is 11.7 Å². The SMILES string of the molecule is COc1ccc(-c2cc(=O)c3c(O)cc(O[C@H]4O[C@@H](CO[C@@H]5O[C@H](C)[C@H](O)[C@H](O)[C@@H]5O)[C@H](O)[C@@H](O)[C@@H]4O)cc3o2)cc1. The maximum absolute atomic E-state index is 12.8. The molecule has 0 bridgehead atoms. The number of fused-ring (bicyclic) bond motifs is 1. The number of hydrogen-bond donors (Lipinski definition) is 7. The third-order valence-corrected chi connectivity index (χ3v) is 7.31. The molecule has 14 nitrogen and oxygen atoms in total. The fourth-order valence-electron chi connectivity index (χ4n) is 4.84.